The van der Waals surface area contributed by atoms with E-state index in [0.29, 0.717) is 30.6 Å². The molecule has 180 valence electrons. The number of aryl methyl sites for hydroxylation is 1. The van der Waals surface area contributed by atoms with Crippen molar-refractivity contribution in [2.24, 2.45) is 0 Å². The number of cyclic esters (lactones) is 1. The van der Waals surface area contributed by atoms with Crippen molar-refractivity contribution < 1.29 is 14.6 Å². The zero-order chi connectivity index (χ0) is 25.2. The summed E-state index contributed by atoms with van der Waals surface area (Å²) in [6.45, 7) is 7.82. The van der Waals surface area contributed by atoms with Gasteiger partial charge in [0.15, 0.2) is 0 Å². The molecule has 3 aromatic rings. The number of hydrogen-bond acceptors (Lipinski definition) is 5. The first kappa shape index (κ1) is 24.4. The van der Waals surface area contributed by atoms with E-state index in [0.717, 1.165) is 22.4 Å². The van der Waals surface area contributed by atoms with Crippen molar-refractivity contribution in [2.75, 3.05) is 6.54 Å². The monoisotopic (exact) mass is 469 g/mol. The fourth-order valence-electron chi connectivity index (χ4n) is 4.84. The van der Waals surface area contributed by atoms with E-state index in [2.05, 4.69) is 11.1 Å². The number of pyridine rings is 1. The van der Waals surface area contributed by atoms with Crippen molar-refractivity contribution in [3.05, 3.63) is 89.1 Å². The van der Waals surface area contributed by atoms with E-state index >= 15 is 0 Å². The lowest BCUT2D eigenvalue weighted by Crippen LogP contribution is -2.51. The number of rotatable bonds is 6. The third-order valence-electron chi connectivity index (χ3n) is 6.65. The van der Waals surface area contributed by atoms with Gasteiger partial charge in [-0.1, -0.05) is 54.6 Å². The summed E-state index contributed by atoms with van der Waals surface area (Å²) in [5.74, 6) is 0. The van der Waals surface area contributed by atoms with Crippen LogP contribution in [0.5, 0.6) is 0 Å². The van der Waals surface area contributed by atoms with Crippen LogP contribution in [0.15, 0.2) is 66.7 Å². The number of nitriles is 1. The maximum absolute atomic E-state index is 13.3. The number of aliphatic hydroxyl groups is 1. The van der Waals surface area contributed by atoms with Crippen LogP contribution in [0.3, 0.4) is 0 Å². The molecular formula is C29H31N3O3. The number of carbonyl (C=O) groups is 1. The van der Waals surface area contributed by atoms with Crippen LogP contribution in [0.25, 0.3) is 11.3 Å². The minimum atomic E-state index is -0.989. The summed E-state index contributed by atoms with van der Waals surface area (Å²) in [5.41, 5.74) is 3.06. The molecule has 0 aliphatic carbocycles. The third kappa shape index (κ3) is 5.21. The summed E-state index contributed by atoms with van der Waals surface area (Å²) < 4.78 is 6.11. The fraction of sp³-hybridized carbons (Fsp3) is 0.345. The summed E-state index contributed by atoms with van der Waals surface area (Å²) in [5, 5.41) is 19.7. The van der Waals surface area contributed by atoms with Gasteiger partial charge in [-0.05, 0) is 51.0 Å². The second-order valence-electron chi connectivity index (χ2n) is 9.90. The second-order valence-corrected chi connectivity index (χ2v) is 9.90. The summed E-state index contributed by atoms with van der Waals surface area (Å²) >= 11 is 0. The van der Waals surface area contributed by atoms with Gasteiger partial charge in [-0.3, -0.25) is 4.98 Å². The lowest BCUT2D eigenvalue weighted by molar-refractivity contribution is -0.101. The molecule has 35 heavy (non-hydrogen) atoms. The molecule has 1 aromatic heterocycles. The van der Waals surface area contributed by atoms with Crippen LogP contribution >= 0.6 is 0 Å². The Hall–Kier alpha value is -3.69. The van der Waals surface area contributed by atoms with Crippen LogP contribution in [-0.2, 0) is 10.3 Å². The van der Waals surface area contributed by atoms with Crippen LogP contribution in [0.1, 0.15) is 62.0 Å². The molecule has 6 nitrogen and oxygen atoms in total. The topological polar surface area (TPSA) is 86.5 Å². The summed E-state index contributed by atoms with van der Waals surface area (Å²) in [7, 11) is 0. The molecule has 1 fully saturated rings. The van der Waals surface area contributed by atoms with Crippen molar-refractivity contribution in [3.8, 4) is 17.3 Å². The van der Waals surface area contributed by atoms with Crippen molar-refractivity contribution in [2.45, 2.75) is 57.8 Å². The summed E-state index contributed by atoms with van der Waals surface area (Å²) in [6.07, 6.45) is 0.526. The number of amides is 1. The van der Waals surface area contributed by atoms with Crippen LogP contribution in [0, 0.1) is 18.3 Å². The molecule has 1 saturated heterocycles. The zero-order valence-electron chi connectivity index (χ0n) is 20.7. The van der Waals surface area contributed by atoms with Crippen LogP contribution in [0.4, 0.5) is 4.79 Å². The molecule has 2 unspecified atom stereocenters. The first-order valence-corrected chi connectivity index (χ1v) is 11.9. The fourth-order valence-corrected chi connectivity index (χ4v) is 4.84. The maximum Gasteiger partial charge on any atom is 0.411 e. The lowest BCUT2D eigenvalue weighted by Gasteiger charge is -2.45. The Morgan fingerprint density at radius 1 is 1.14 bits per heavy atom. The molecule has 2 aromatic carbocycles. The molecule has 1 aliphatic heterocycles. The Morgan fingerprint density at radius 2 is 1.83 bits per heavy atom. The molecule has 0 spiro atoms. The van der Waals surface area contributed by atoms with E-state index in [1.54, 1.807) is 24.8 Å². The molecule has 2 atom stereocenters. The predicted molar refractivity (Wildman–Crippen MR) is 134 cm³/mol. The number of hydrogen-bond donors (Lipinski definition) is 1. The Bertz CT molecular complexity index is 1240. The van der Waals surface area contributed by atoms with Gasteiger partial charge < -0.3 is 14.7 Å². The minimum Gasteiger partial charge on any atom is -0.438 e. The lowest BCUT2D eigenvalue weighted by atomic mass is 9.80. The Morgan fingerprint density at radius 3 is 2.40 bits per heavy atom. The van der Waals surface area contributed by atoms with E-state index in [1.165, 1.54) is 0 Å². The van der Waals surface area contributed by atoms with E-state index in [4.69, 9.17) is 10.00 Å². The molecule has 2 heterocycles. The summed E-state index contributed by atoms with van der Waals surface area (Å²) in [6, 6.07) is 23.2. The molecule has 1 N–H and O–H groups in total. The Kier molecular flexibility index (Phi) is 6.64. The molecule has 6 heteroatoms. The van der Waals surface area contributed by atoms with Gasteiger partial charge in [-0.2, -0.15) is 5.26 Å². The highest BCUT2D eigenvalue weighted by Gasteiger charge is 2.46. The van der Waals surface area contributed by atoms with Gasteiger partial charge in [-0.15, -0.1) is 0 Å². The maximum atomic E-state index is 13.3. The number of aromatic nitrogens is 1. The molecule has 4 rings (SSSR count). The number of ether oxygens (including phenoxy) is 1. The van der Waals surface area contributed by atoms with Crippen molar-refractivity contribution in [1.82, 2.24) is 9.88 Å². The van der Waals surface area contributed by atoms with Crippen molar-refractivity contribution >= 4 is 6.09 Å². The van der Waals surface area contributed by atoms with Gasteiger partial charge >= 0.3 is 6.09 Å². The van der Waals surface area contributed by atoms with Gasteiger partial charge in [0.05, 0.1) is 28.6 Å². The molecule has 0 radical (unpaired) electrons. The SMILES string of the molecule is Cc1nc(-c2ccc(C(C)N3CCC(CC(C)(C)O)(c4ccccc4)OC3=O)cc2)ccc1C#N. The minimum absolute atomic E-state index is 0.178. The largest absolute Gasteiger partial charge is 0.438 e. The first-order chi connectivity index (χ1) is 16.6. The number of carbonyl (C=O) groups excluding carboxylic acids is 1. The third-order valence-corrected chi connectivity index (χ3v) is 6.65. The highest BCUT2D eigenvalue weighted by atomic mass is 16.6. The van der Waals surface area contributed by atoms with E-state index in [9.17, 15) is 9.90 Å². The first-order valence-electron chi connectivity index (χ1n) is 11.9. The van der Waals surface area contributed by atoms with E-state index in [1.807, 2.05) is 74.5 Å². The molecular weight excluding hydrogens is 438 g/mol. The van der Waals surface area contributed by atoms with Gasteiger partial charge in [0.1, 0.15) is 11.7 Å². The van der Waals surface area contributed by atoms with Gasteiger partial charge in [0.25, 0.3) is 0 Å². The Labute approximate surface area is 206 Å². The predicted octanol–water partition coefficient (Wildman–Crippen LogP) is 5.89. The average molecular weight is 470 g/mol. The smallest absolute Gasteiger partial charge is 0.411 e. The van der Waals surface area contributed by atoms with E-state index < -0.39 is 11.2 Å². The van der Waals surface area contributed by atoms with Crippen LogP contribution in [0.2, 0.25) is 0 Å². The van der Waals surface area contributed by atoms with E-state index in [-0.39, 0.29) is 12.1 Å². The summed E-state index contributed by atoms with van der Waals surface area (Å²) in [4.78, 5) is 19.5. The van der Waals surface area contributed by atoms with Gasteiger partial charge in [-0.25, -0.2) is 4.79 Å². The molecule has 1 aliphatic rings. The zero-order valence-corrected chi connectivity index (χ0v) is 20.7. The molecule has 0 saturated carbocycles. The highest BCUT2D eigenvalue weighted by Crippen LogP contribution is 2.42. The highest BCUT2D eigenvalue weighted by molar-refractivity contribution is 5.70. The Balaban J connectivity index is 1.53. The van der Waals surface area contributed by atoms with Crippen molar-refractivity contribution in [1.29, 1.82) is 5.26 Å². The molecule has 1 amide bonds. The number of benzene rings is 2. The van der Waals surface area contributed by atoms with Crippen LogP contribution < -0.4 is 0 Å². The molecule has 0 bridgehead atoms. The normalized spacial score (nSPS) is 19.1. The van der Waals surface area contributed by atoms with Crippen molar-refractivity contribution in [3.63, 3.8) is 0 Å². The standard InChI is InChI=1S/C29H31N3O3/c1-20-24(18-30)14-15-26(31-20)23-12-10-22(11-13-23)21(2)32-17-16-29(35-27(32)33,19-28(3,4)34)25-8-6-5-7-9-25/h5-15,21,34H,16-17,19H2,1-4H3. The van der Waals surface area contributed by atoms with Gasteiger partial charge in [0, 0.05) is 24.9 Å². The quantitative estimate of drug-likeness (QED) is 0.487. The number of nitrogens with zero attached hydrogens (tertiary/aromatic N) is 3. The second kappa shape index (κ2) is 9.52. The van der Waals surface area contributed by atoms with Gasteiger partial charge in [0.2, 0.25) is 0 Å². The average Bonchev–Trinajstić information content (AvgIpc) is 2.83. The van der Waals surface area contributed by atoms with Crippen LogP contribution in [-0.4, -0.2) is 33.2 Å².